The first-order valence-corrected chi connectivity index (χ1v) is 9.51. The van der Waals surface area contributed by atoms with Gasteiger partial charge in [0, 0.05) is 23.7 Å². The van der Waals surface area contributed by atoms with Gasteiger partial charge < -0.3 is 14.4 Å². The number of ether oxygens (including phenoxy) is 2. The third-order valence-corrected chi connectivity index (χ3v) is 4.47. The van der Waals surface area contributed by atoms with Crippen LogP contribution in [0.2, 0.25) is 0 Å². The van der Waals surface area contributed by atoms with Crippen molar-refractivity contribution in [1.82, 2.24) is 9.88 Å². The fourth-order valence-corrected chi connectivity index (χ4v) is 3.18. The molecule has 2 heterocycles. The van der Waals surface area contributed by atoms with Crippen molar-refractivity contribution in [2.24, 2.45) is 0 Å². The lowest BCUT2D eigenvalue weighted by Gasteiger charge is -2.28. The number of aldehydes is 1. The van der Waals surface area contributed by atoms with Crippen molar-refractivity contribution in [3.63, 3.8) is 0 Å². The molecule has 1 aromatic heterocycles. The first-order valence-electron chi connectivity index (χ1n) is 9.51. The summed E-state index contributed by atoms with van der Waals surface area (Å²) in [5, 5.41) is 0. The summed E-state index contributed by atoms with van der Waals surface area (Å²) in [6.07, 6.45) is 2.32. The number of likely N-dealkylation sites (tertiary alicyclic amines) is 1. The molecule has 0 saturated carbocycles. The maximum absolute atomic E-state index is 12.4. The summed E-state index contributed by atoms with van der Waals surface area (Å²) < 4.78 is 11.4. The van der Waals surface area contributed by atoms with Crippen molar-refractivity contribution in [1.29, 1.82) is 0 Å². The van der Waals surface area contributed by atoms with Crippen LogP contribution in [0.1, 0.15) is 44.0 Å². The Morgan fingerprint density at radius 2 is 2.04 bits per heavy atom. The van der Waals surface area contributed by atoms with E-state index in [9.17, 15) is 9.59 Å². The number of amides is 1. The normalized spacial score (nSPS) is 16.7. The van der Waals surface area contributed by atoms with Gasteiger partial charge in [-0.15, -0.1) is 0 Å². The molecule has 1 unspecified atom stereocenters. The summed E-state index contributed by atoms with van der Waals surface area (Å²) in [5.41, 5.74) is 1.67. The Bertz CT molecular complexity index is 844. The van der Waals surface area contributed by atoms with Crippen LogP contribution in [0.5, 0.6) is 5.88 Å². The molecule has 0 bridgehead atoms. The number of benzene rings is 1. The van der Waals surface area contributed by atoms with Crippen LogP contribution in [0.15, 0.2) is 42.5 Å². The van der Waals surface area contributed by atoms with Crippen molar-refractivity contribution in [2.75, 3.05) is 13.2 Å². The van der Waals surface area contributed by atoms with Gasteiger partial charge in [0.2, 0.25) is 5.88 Å². The first-order chi connectivity index (χ1) is 13.4. The highest BCUT2D eigenvalue weighted by Crippen LogP contribution is 2.23. The molecule has 0 aliphatic carbocycles. The molecule has 1 amide bonds. The number of hydrogen-bond donors (Lipinski definition) is 0. The van der Waals surface area contributed by atoms with Gasteiger partial charge in [-0.3, -0.25) is 4.79 Å². The molecule has 1 atom stereocenters. The molecule has 1 aromatic carbocycles. The zero-order valence-electron chi connectivity index (χ0n) is 16.6. The molecule has 0 spiro atoms. The molecule has 3 rings (SSSR count). The van der Waals surface area contributed by atoms with Crippen molar-refractivity contribution < 1.29 is 19.1 Å². The van der Waals surface area contributed by atoms with Gasteiger partial charge in [-0.2, -0.15) is 0 Å². The number of nitrogens with zero attached hydrogens (tertiary/aromatic N) is 2. The Kier molecular flexibility index (Phi) is 5.97. The van der Waals surface area contributed by atoms with Crippen molar-refractivity contribution in [3.05, 3.63) is 48.0 Å². The van der Waals surface area contributed by atoms with Crippen LogP contribution in [0.4, 0.5) is 4.79 Å². The summed E-state index contributed by atoms with van der Waals surface area (Å²) in [5.74, 6) is 0.491. The predicted molar refractivity (Wildman–Crippen MR) is 107 cm³/mol. The summed E-state index contributed by atoms with van der Waals surface area (Å²) in [6.45, 7) is 6.63. The molecule has 0 N–H and O–H groups in total. The average Bonchev–Trinajstić information content (AvgIpc) is 3.14. The Morgan fingerprint density at radius 3 is 2.79 bits per heavy atom. The van der Waals surface area contributed by atoms with E-state index in [0.717, 1.165) is 30.4 Å². The Hall–Kier alpha value is -2.89. The van der Waals surface area contributed by atoms with Gasteiger partial charge in [0.1, 0.15) is 18.5 Å². The standard InChI is InChI=1S/C22H26N2O4/c1-22(2,3)28-21(26)24-12-6-9-18(24)15-27-20-11-5-10-19(23-20)17-8-4-7-16(13-17)14-25/h4-5,7-8,10-11,13-14,18H,6,9,12,15H2,1-3H3. The molecular weight excluding hydrogens is 356 g/mol. The number of aromatic nitrogens is 1. The minimum absolute atomic E-state index is 0.0290. The maximum Gasteiger partial charge on any atom is 0.410 e. The molecule has 148 valence electrons. The Morgan fingerprint density at radius 1 is 1.25 bits per heavy atom. The van der Waals surface area contributed by atoms with Crippen LogP contribution in [0, 0.1) is 0 Å². The molecule has 1 fully saturated rings. The van der Waals surface area contributed by atoms with Gasteiger partial charge in [0.15, 0.2) is 0 Å². The Labute approximate surface area is 165 Å². The van der Waals surface area contributed by atoms with Gasteiger partial charge in [-0.05, 0) is 45.7 Å². The fourth-order valence-electron chi connectivity index (χ4n) is 3.18. The zero-order valence-corrected chi connectivity index (χ0v) is 16.6. The molecule has 28 heavy (non-hydrogen) atoms. The van der Waals surface area contributed by atoms with E-state index in [1.807, 2.05) is 45.0 Å². The SMILES string of the molecule is CC(C)(C)OC(=O)N1CCCC1COc1cccc(-c2cccc(C=O)c2)n1. The second-order valence-electron chi connectivity index (χ2n) is 7.89. The van der Waals surface area contributed by atoms with Crippen molar-refractivity contribution >= 4 is 12.4 Å². The second-order valence-corrected chi connectivity index (χ2v) is 7.89. The van der Waals surface area contributed by atoms with Crippen LogP contribution in [-0.2, 0) is 4.74 Å². The van der Waals surface area contributed by atoms with Crippen LogP contribution < -0.4 is 4.74 Å². The quantitative estimate of drug-likeness (QED) is 0.720. The first kappa shape index (κ1) is 19.9. The number of carbonyl (C=O) groups is 2. The zero-order chi connectivity index (χ0) is 20.1. The topological polar surface area (TPSA) is 68.7 Å². The molecule has 2 aromatic rings. The van der Waals surface area contributed by atoms with Gasteiger partial charge in [-0.25, -0.2) is 9.78 Å². The maximum atomic E-state index is 12.4. The Balaban J connectivity index is 1.66. The van der Waals surface area contributed by atoms with Gasteiger partial charge in [-0.1, -0.05) is 24.3 Å². The molecule has 6 nitrogen and oxygen atoms in total. The van der Waals surface area contributed by atoms with Gasteiger partial charge >= 0.3 is 6.09 Å². The smallest absolute Gasteiger partial charge is 0.410 e. The highest BCUT2D eigenvalue weighted by molar-refractivity contribution is 5.78. The lowest BCUT2D eigenvalue weighted by atomic mass is 10.1. The summed E-state index contributed by atoms with van der Waals surface area (Å²) in [7, 11) is 0. The van der Waals surface area contributed by atoms with Gasteiger partial charge in [0.05, 0.1) is 11.7 Å². The number of carbonyl (C=O) groups excluding carboxylic acids is 2. The lowest BCUT2D eigenvalue weighted by Crippen LogP contribution is -2.42. The summed E-state index contributed by atoms with van der Waals surface area (Å²) in [6, 6.07) is 12.8. The largest absolute Gasteiger partial charge is 0.475 e. The van der Waals surface area contributed by atoms with E-state index in [-0.39, 0.29) is 12.1 Å². The van der Waals surface area contributed by atoms with Crippen molar-refractivity contribution in [3.8, 4) is 17.1 Å². The van der Waals surface area contributed by atoms with E-state index in [1.54, 1.807) is 23.1 Å². The summed E-state index contributed by atoms with van der Waals surface area (Å²) in [4.78, 5) is 29.7. The predicted octanol–water partition coefficient (Wildman–Crippen LogP) is 4.34. The van der Waals surface area contributed by atoms with E-state index in [0.29, 0.717) is 24.6 Å². The minimum atomic E-state index is -0.517. The van der Waals surface area contributed by atoms with E-state index < -0.39 is 5.60 Å². The van der Waals surface area contributed by atoms with Crippen LogP contribution >= 0.6 is 0 Å². The minimum Gasteiger partial charge on any atom is -0.475 e. The summed E-state index contributed by atoms with van der Waals surface area (Å²) >= 11 is 0. The fraction of sp³-hybridized carbons (Fsp3) is 0.409. The van der Waals surface area contributed by atoms with E-state index in [4.69, 9.17) is 9.47 Å². The molecule has 1 saturated heterocycles. The number of rotatable bonds is 5. The average molecular weight is 382 g/mol. The van der Waals surface area contributed by atoms with E-state index in [2.05, 4.69) is 4.98 Å². The van der Waals surface area contributed by atoms with Crippen LogP contribution in [-0.4, -0.2) is 47.1 Å². The highest BCUT2D eigenvalue weighted by Gasteiger charge is 2.32. The third-order valence-electron chi connectivity index (χ3n) is 4.47. The van der Waals surface area contributed by atoms with E-state index in [1.165, 1.54) is 0 Å². The van der Waals surface area contributed by atoms with Crippen LogP contribution in [0.25, 0.3) is 11.3 Å². The molecular formula is C22H26N2O4. The van der Waals surface area contributed by atoms with Crippen LogP contribution in [0.3, 0.4) is 0 Å². The molecule has 1 aliphatic rings. The third kappa shape index (κ3) is 5.09. The number of hydrogen-bond acceptors (Lipinski definition) is 5. The van der Waals surface area contributed by atoms with E-state index >= 15 is 0 Å². The monoisotopic (exact) mass is 382 g/mol. The van der Waals surface area contributed by atoms with Gasteiger partial charge in [0.25, 0.3) is 0 Å². The second kappa shape index (κ2) is 8.42. The molecule has 1 aliphatic heterocycles. The van der Waals surface area contributed by atoms with Crippen molar-refractivity contribution in [2.45, 2.75) is 45.3 Å². The molecule has 0 radical (unpaired) electrons. The highest BCUT2D eigenvalue weighted by atomic mass is 16.6. The molecule has 6 heteroatoms. The lowest BCUT2D eigenvalue weighted by molar-refractivity contribution is 0.0185. The number of pyridine rings is 1.